The third-order valence-corrected chi connectivity index (χ3v) is 6.08. The van der Waals surface area contributed by atoms with Crippen LogP contribution in [0.4, 0.5) is 0 Å². The van der Waals surface area contributed by atoms with Gasteiger partial charge in [0.25, 0.3) is 0 Å². The molecule has 2 aromatic carbocycles. The van der Waals surface area contributed by atoms with Crippen molar-refractivity contribution in [2.75, 3.05) is 6.54 Å². The number of hydrogen-bond acceptors (Lipinski definition) is 6. The largest absolute Gasteiger partial charge is 0.478 e. The summed E-state index contributed by atoms with van der Waals surface area (Å²) < 4.78 is 11.1. The molecule has 1 atom stereocenters. The SMILES string of the molecule is CC(C)C(=O)Oc1ccc(COC(=O)/C=C/C(=O)O)cc1C(CCN(C(C)C)C(C)C)c1ccccc1. The van der Waals surface area contributed by atoms with E-state index in [4.69, 9.17) is 14.6 Å². The maximum atomic E-state index is 12.5. The van der Waals surface area contributed by atoms with Crippen molar-refractivity contribution in [1.82, 2.24) is 4.90 Å². The Morgan fingerprint density at radius 1 is 0.919 bits per heavy atom. The Morgan fingerprint density at radius 3 is 2.14 bits per heavy atom. The average Bonchev–Trinajstić information content (AvgIpc) is 2.84. The Kier molecular flexibility index (Phi) is 11.5. The molecular weight excluding hydrogens is 470 g/mol. The molecule has 0 aromatic heterocycles. The number of hydrogen-bond donors (Lipinski definition) is 1. The van der Waals surface area contributed by atoms with Crippen LogP contribution in [-0.2, 0) is 25.7 Å². The van der Waals surface area contributed by atoms with Crippen LogP contribution in [0.25, 0.3) is 0 Å². The molecule has 0 bridgehead atoms. The van der Waals surface area contributed by atoms with E-state index in [0.29, 0.717) is 23.4 Å². The summed E-state index contributed by atoms with van der Waals surface area (Å²) >= 11 is 0. The molecule has 37 heavy (non-hydrogen) atoms. The molecule has 0 heterocycles. The van der Waals surface area contributed by atoms with E-state index in [9.17, 15) is 14.4 Å². The molecular formula is C30H39NO6. The fourth-order valence-electron chi connectivity index (χ4n) is 4.20. The Morgan fingerprint density at radius 2 is 1.57 bits per heavy atom. The molecule has 7 nitrogen and oxygen atoms in total. The Labute approximate surface area is 220 Å². The molecule has 0 aliphatic heterocycles. The van der Waals surface area contributed by atoms with Crippen LogP contribution in [0.1, 0.15) is 70.6 Å². The molecule has 0 fully saturated rings. The molecule has 0 radical (unpaired) electrons. The van der Waals surface area contributed by atoms with E-state index in [-0.39, 0.29) is 24.4 Å². The van der Waals surface area contributed by atoms with Crippen LogP contribution in [0.15, 0.2) is 60.7 Å². The Bertz CT molecular complexity index is 1070. The maximum absolute atomic E-state index is 12.5. The lowest BCUT2D eigenvalue weighted by Gasteiger charge is -2.32. The number of ether oxygens (including phenoxy) is 2. The maximum Gasteiger partial charge on any atom is 0.331 e. The number of nitrogens with zero attached hydrogens (tertiary/aromatic N) is 1. The highest BCUT2D eigenvalue weighted by molar-refractivity contribution is 5.90. The molecule has 0 saturated carbocycles. The van der Waals surface area contributed by atoms with Crippen LogP contribution in [0, 0.1) is 5.92 Å². The molecule has 200 valence electrons. The van der Waals surface area contributed by atoms with Crippen LogP contribution in [-0.4, -0.2) is 46.5 Å². The highest BCUT2D eigenvalue weighted by Crippen LogP contribution is 2.36. The summed E-state index contributed by atoms with van der Waals surface area (Å²) in [6.07, 6.45) is 2.40. The van der Waals surface area contributed by atoms with Gasteiger partial charge in [0.1, 0.15) is 12.4 Å². The molecule has 2 rings (SSSR count). The quantitative estimate of drug-likeness (QED) is 0.214. The summed E-state index contributed by atoms with van der Waals surface area (Å²) in [5.41, 5.74) is 2.64. The van der Waals surface area contributed by atoms with Crippen molar-refractivity contribution in [3.05, 3.63) is 77.4 Å². The van der Waals surface area contributed by atoms with Crippen molar-refractivity contribution in [2.45, 2.75) is 72.6 Å². The molecule has 0 saturated heterocycles. The van der Waals surface area contributed by atoms with Gasteiger partial charge in [0.05, 0.1) is 5.92 Å². The van der Waals surface area contributed by atoms with Crippen LogP contribution in [0.2, 0.25) is 0 Å². The van der Waals surface area contributed by atoms with Gasteiger partial charge >= 0.3 is 17.9 Å². The van der Waals surface area contributed by atoms with Gasteiger partial charge in [0, 0.05) is 35.7 Å². The van der Waals surface area contributed by atoms with Crippen molar-refractivity contribution in [3.63, 3.8) is 0 Å². The predicted octanol–water partition coefficient (Wildman–Crippen LogP) is 5.57. The number of benzene rings is 2. The van der Waals surface area contributed by atoms with E-state index in [0.717, 1.165) is 36.2 Å². The van der Waals surface area contributed by atoms with Gasteiger partial charge in [-0.25, -0.2) is 9.59 Å². The minimum absolute atomic E-state index is 0.0418. The van der Waals surface area contributed by atoms with Crippen molar-refractivity contribution < 1.29 is 29.0 Å². The van der Waals surface area contributed by atoms with Crippen molar-refractivity contribution in [1.29, 1.82) is 0 Å². The molecule has 0 amide bonds. The number of carboxylic acid groups (broad SMARTS) is 1. The molecule has 7 heteroatoms. The van der Waals surface area contributed by atoms with Crippen LogP contribution in [0.5, 0.6) is 5.75 Å². The number of aliphatic carboxylic acids is 1. The van der Waals surface area contributed by atoms with Crippen LogP contribution in [0.3, 0.4) is 0 Å². The van der Waals surface area contributed by atoms with Gasteiger partial charge in [-0.05, 0) is 63.9 Å². The monoisotopic (exact) mass is 509 g/mol. The summed E-state index contributed by atoms with van der Waals surface area (Å²) in [6.45, 7) is 13.1. The standard InChI is InChI=1S/C30H39NO6/c1-20(2)30(35)37-27-13-12-23(19-36-29(34)15-14-28(32)33)18-26(27)25(24-10-8-7-9-11-24)16-17-31(21(3)4)22(5)6/h7-15,18,20-22,25H,16-17,19H2,1-6H3,(H,32,33)/b15-14+. The smallest absolute Gasteiger partial charge is 0.331 e. The van der Waals surface area contributed by atoms with E-state index in [1.807, 2.05) is 24.3 Å². The first kappa shape index (κ1) is 29.8. The zero-order valence-corrected chi connectivity index (χ0v) is 22.6. The van der Waals surface area contributed by atoms with Gasteiger partial charge in [-0.3, -0.25) is 9.69 Å². The van der Waals surface area contributed by atoms with E-state index in [2.05, 4.69) is 44.7 Å². The second-order valence-corrected chi connectivity index (χ2v) is 9.90. The number of carbonyl (C=O) groups is 3. The highest BCUT2D eigenvalue weighted by atomic mass is 16.5. The molecule has 0 spiro atoms. The molecule has 1 unspecified atom stereocenters. The topological polar surface area (TPSA) is 93.1 Å². The van der Waals surface area contributed by atoms with E-state index >= 15 is 0 Å². The van der Waals surface area contributed by atoms with Gasteiger partial charge in [-0.1, -0.05) is 50.2 Å². The van der Waals surface area contributed by atoms with E-state index in [1.165, 1.54) is 0 Å². The van der Waals surface area contributed by atoms with Crippen LogP contribution < -0.4 is 4.74 Å². The number of esters is 2. The van der Waals surface area contributed by atoms with Gasteiger partial charge < -0.3 is 14.6 Å². The lowest BCUT2D eigenvalue weighted by Crippen LogP contribution is -2.38. The minimum atomic E-state index is -1.22. The normalized spacial score (nSPS) is 12.5. The summed E-state index contributed by atoms with van der Waals surface area (Å²) in [7, 11) is 0. The zero-order valence-electron chi connectivity index (χ0n) is 22.6. The van der Waals surface area contributed by atoms with E-state index < -0.39 is 11.9 Å². The molecule has 0 aliphatic rings. The second kappa shape index (κ2) is 14.3. The zero-order chi connectivity index (χ0) is 27.5. The number of carboxylic acids is 1. The second-order valence-electron chi connectivity index (χ2n) is 9.90. The molecule has 1 N–H and O–H groups in total. The minimum Gasteiger partial charge on any atom is -0.478 e. The predicted molar refractivity (Wildman–Crippen MR) is 143 cm³/mol. The van der Waals surface area contributed by atoms with Gasteiger partial charge in [-0.15, -0.1) is 0 Å². The van der Waals surface area contributed by atoms with Gasteiger partial charge in [0.15, 0.2) is 0 Å². The van der Waals surface area contributed by atoms with Crippen molar-refractivity contribution in [3.8, 4) is 5.75 Å². The first-order valence-electron chi connectivity index (χ1n) is 12.7. The van der Waals surface area contributed by atoms with Crippen molar-refractivity contribution in [2.24, 2.45) is 5.92 Å². The average molecular weight is 510 g/mol. The Hall–Kier alpha value is -3.45. The van der Waals surface area contributed by atoms with Crippen LogP contribution >= 0.6 is 0 Å². The number of rotatable bonds is 13. The lowest BCUT2D eigenvalue weighted by molar-refractivity contribution is -0.140. The number of carbonyl (C=O) groups excluding carboxylic acids is 2. The third-order valence-electron chi connectivity index (χ3n) is 6.08. The van der Waals surface area contributed by atoms with Gasteiger partial charge in [0.2, 0.25) is 0 Å². The fraction of sp³-hybridized carbons (Fsp3) is 0.433. The van der Waals surface area contributed by atoms with Gasteiger partial charge in [-0.2, -0.15) is 0 Å². The fourth-order valence-corrected chi connectivity index (χ4v) is 4.20. The first-order valence-corrected chi connectivity index (χ1v) is 12.7. The Balaban J connectivity index is 2.47. The molecule has 2 aromatic rings. The summed E-state index contributed by atoms with van der Waals surface area (Å²) in [4.78, 5) is 37.5. The lowest BCUT2D eigenvalue weighted by atomic mass is 9.86. The molecule has 0 aliphatic carbocycles. The first-order chi connectivity index (χ1) is 17.5. The highest BCUT2D eigenvalue weighted by Gasteiger charge is 2.24. The van der Waals surface area contributed by atoms with Crippen molar-refractivity contribution >= 4 is 17.9 Å². The third kappa shape index (κ3) is 9.50. The summed E-state index contributed by atoms with van der Waals surface area (Å²) in [5, 5.41) is 8.71. The summed E-state index contributed by atoms with van der Waals surface area (Å²) in [5.74, 6) is -2.17. The van der Waals surface area contributed by atoms with E-state index in [1.54, 1.807) is 26.0 Å². The summed E-state index contributed by atoms with van der Waals surface area (Å²) in [6, 6.07) is 16.2.